The molecule has 262 valence electrons. The summed E-state index contributed by atoms with van der Waals surface area (Å²) < 4.78 is 0. The number of hydrogen-bond acceptors (Lipinski definition) is 11. The summed E-state index contributed by atoms with van der Waals surface area (Å²) in [5.74, 6) is -1.98. The van der Waals surface area contributed by atoms with Crippen LogP contribution in [0.4, 0.5) is 5.13 Å². The molecule has 1 aromatic carbocycles. The molecule has 0 radical (unpaired) electrons. The van der Waals surface area contributed by atoms with Crippen molar-refractivity contribution in [2.24, 2.45) is 17.0 Å². The Hall–Kier alpha value is -4.40. The van der Waals surface area contributed by atoms with Crippen molar-refractivity contribution < 1.29 is 29.5 Å². The average molecular weight is 692 g/mol. The molecule has 7 N–H and O–H groups in total. The molecule has 5 atom stereocenters. The number of aromatic nitrogens is 1. The van der Waals surface area contributed by atoms with Gasteiger partial charge in [-0.2, -0.15) is 0 Å². The van der Waals surface area contributed by atoms with Crippen molar-refractivity contribution in [3.63, 3.8) is 0 Å². The molecular formula is C35H45N7O6S. The zero-order chi connectivity index (χ0) is 35.2. The molecule has 3 heterocycles. The van der Waals surface area contributed by atoms with Crippen LogP contribution in [0.2, 0.25) is 0 Å². The van der Waals surface area contributed by atoms with E-state index in [2.05, 4.69) is 50.4 Å². The van der Waals surface area contributed by atoms with Gasteiger partial charge in [0.15, 0.2) is 16.6 Å². The molecule has 2 aliphatic heterocycles. The number of oxime groups is 1. The number of nitrogen functional groups attached to an aromatic ring is 1. The first kappa shape index (κ1) is 35.9. The Morgan fingerprint density at radius 2 is 1.96 bits per heavy atom. The van der Waals surface area contributed by atoms with Gasteiger partial charge in [0, 0.05) is 24.4 Å². The second-order valence-corrected chi connectivity index (χ2v) is 13.8. The highest BCUT2D eigenvalue weighted by molar-refractivity contribution is 7.13. The van der Waals surface area contributed by atoms with Gasteiger partial charge in [0.05, 0.1) is 6.04 Å². The van der Waals surface area contributed by atoms with Crippen LogP contribution >= 0.6 is 11.3 Å². The number of nitrogens with zero attached hydrogens (tertiary/aromatic N) is 3. The summed E-state index contributed by atoms with van der Waals surface area (Å²) in [6.45, 7) is 5.32. The number of likely N-dealkylation sites (tertiary alicyclic amines) is 1. The number of aliphatic carboxylic acids is 1. The van der Waals surface area contributed by atoms with E-state index in [0.717, 1.165) is 43.7 Å². The third-order valence-electron chi connectivity index (χ3n) is 9.79. The number of ketones is 1. The number of hydrogen-bond donors (Lipinski definition) is 6. The number of β-lactam (4-membered cyclic amide) rings is 1. The van der Waals surface area contributed by atoms with Gasteiger partial charge in [0.2, 0.25) is 0 Å². The number of nitrogens with one attached hydrogen (secondary N) is 3. The van der Waals surface area contributed by atoms with Gasteiger partial charge in [-0.25, -0.2) is 9.78 Å². The van der Waals surface area contributed by atoms with Gasteiger partial charge in [-0.05, 0) is 92.3 Å². The highest BCUT2D eigenvalue weighted by Crippen LogP contribution is 2.37. The molecule has 1 aromatic heterocycles. The maximum atomic E-state index is 13.4. The largest absolute Gasteiger partial charge is 0.477 e. The minimum atomic E-state index is -1.29. The monoisotopic (exact) mass is 691 g/mol. The van der Waals surface area contributed by atoms with E-state index in [1.165, 1.54) is 21.4 Å². The van der Waals surface area contributed by atoms with E-state index < -0.39 is 35.6 Å². The molecule has 3 fully saturated rings. The van der Waals surface area contributed by atoms with E-state index >= 15 is 0 Å². The second-order valence-electron chi connectivity index (χ2n) is 13.0. The van der Waals surface area contributed by atoms with Crippen LogP contribution < -0.4 is 21.7 Å². The summed E-state index contributed by atoms with van der Waals surface area (Å²) in [7, 11) is 1.94. The van der Waals surface area contributed by atoms with E-state index in [9.17, 15) is 29.5 Å². The minimum Gasteiger partial charge on any atom is -0.477 e. The van der Waals surface area contributed by atoms with Crippen molar-refractivity contribution in [3.8, 4) is 0 Å². The molecule has 49 heavy (non-hydrogen) atoms. The van der Waals surface area contributed by atoms with Crippen LogP contribution in [-0.2, 0) is 25.7 Å². The van der Waals surface area contributed by atoms with E-state index in [-0.39, 0.29) is 34.6 Å². The molecule has 13 nitrogen and oxygen atoms in total. The molecular weight excluding hydrogens is 646 g/mol. The SMILES string of the molecule is CCC(/C=C1\CCC(CC2CN[C@@H](c3ccc(CNC)cc3)C2)CC1=O)=C(/C(=O)O)N1C(=O)[C@@H](NC(=O)/C(=N\O)c2csc(N)n2)[C@H]1CC. The number of amides is 2. The van der Waals surface area contributed by atoms with E-state index in [1.54, 1.807) is 19.9 Å². The number of nitrogens with two attached hydrogens (primary N) is 1. The second kappa shape index (κ2) is 15.9. The highest BCUT2D eigenvalue weighted by atomic mass is 32.1. The lowest BCUT2D eigenvalue weighted by molar-refractivity contribution is -0.154. The maximum absolute atomic E-state index is 13.4. The Bertz CT molecular complexity index is 1670. The molecule has 2 unspecified atom stereocenters. The molecule has 1 aliphatic carbocycles. The number of anilines is 1. The number of benzene rings is 1. The van der Waals surface area contributed by atoms with Crippen LogP contribution in [0, 0.1) is 11.8 Å². The fourth-order valence-electron chi connectivity index (χ4n) is 7.29. The van der Waals surface area contributed by atoms with Gasteiger partial charge < -0.3 is 32.0 Å². The third kappa shape index (κ3) is 7.92. The number of carbonyl (C=O) groups excluding carboxylic acids is 3. The molecule has 14 heteroatoms. The van der Waals surface area contributed by atoms with Crippen LogP contribution in [0.25, 0.3) is 0 Å². The van der Waals surface area contributed by atoms with Crippen LogP contribution in [-0.4, -0.2) is 75.2 Å². The molecule has 0 spiro atoms. The maximum Gasteiger partial charge on any atom is 0.352 e. The predicted octanol–water partition coefficient (Wildman–Crippen LogP) is 3.51. The fraction of sp³-hybridized carbons (Fsp3) is 0.486. The smallest absolute Gasteiger partial charge is 0.352 e. The molecule has 5 rings (SSSR count). The quantitative estimate of drug-likeness (QED) is 0.0594. The summed E-state index contributed by atoms with van der Waals surface area (Å²) >= 11 is 1.06. The highest BCUT2D eigenvalue weighted by Gasteiger charge is 2.51. The Morgan fingerprint density at radius 1 is 1.20 bits per heavy atom. The summed E-state index contributed by atoms with van der Waals surface area (Å²) in [5.41, 5.74) is 8.57. The number of carboxylic acids is 1. The Labute approximate surface area is 289 Å². The Kier molecular flexibility index (Phi) is 11.6. The molecule has 2 aromatic rings. The number of Topliss-reactive ketones (excluding diaryl/α,β-unsaturated/α-hetero) is 1. The number of rotatable bonds is 13. The van der Waals surface area contributed by atoms with E-state index in [1.807, 2.05) is 7.05 Å². The zero-order valence-electron chi connectivity index (χ0n) is 28.1. The predicted molar refractivity (Wildman–Crippen MR) is 186 cm³/mol. The molecule has 1 saturated carbocycles. The summed E-state index contributed by atoms with van der Waals surface area (Å²) in [6, 6.07) is 7.30. The van der Waals surface area contributed by atoms with Crippen molar-refractivity contribution in [1.29, 1.82) is 0 Å². The topological polar surface area (TPSA) is 199 Å². The summed E-state index contributed by atoms with van der Waals surface area (Å²) in [4.78, 5) is 57.4. The summed E-state index contributed by atoms with van der Waals surface area (Å²) in [6.07, 6.45) is 6.08. The number of allylic oxidation sites excluding steroid dienone is 3. The molecule has 3 aliphatic rings. The Balaban J connectivity index is 1.23. The van der Waals surface area contributed by atoms with Gasteiger partial charge in [-0.3, -0.25) is 19.3 Å². The summed E-state index contributed by atoms with van der Waals surface area (Å²) in [5, 5.41) is 33.8. The molecule has 2 saturated heterocycles. The van der Waals surface area contributed by atoms with Gasteiger partial charge in [-0.15, -0.1) is 11.3 Å². The minimum absolute atomic E-state index is 0.0141. The van der Waals surface area contributed by atoms with Crippen LogP contribution in [0.15, 0.2) is 57.7 Å². The standard InChI is InChI=1S/C35H45N7O6S/c1-4-22(31(34(46)47)42-27(5-2)30(33(42)45)40-32(44)29(41-48)26-18-49-35(36)39-26)15-24-11-8-20(14-28(24)43)12-21-13-25(38-17-21)23-9-6-19(7-10-23)16-37-3/h6-7,9-10,15,18,20-21,25,27,30,37-38,48H,4-5,8,11-14,16-17H2,1-3H3,(H2,36,39)(H,40,44)(H,46,47)/b24-15+,31-22+,41-29-/t20?,21?,25-,27-,30+/m1/s1. The fourth-order valence-corrected chi connectivity index (χ4v) is 7.84. The van der Waals surface area contributed by atoms with Crippen molar-refractivity contribution in [1.82, 2.24) is 25.8 Å². The molecule has 2 amide bonds. The van der Waals surface area contributed by atoms with E-state index in [0.29, 0.717) is 42.4 Å². The zero-order valence-corrected chi connectivity index (χ0v) is 28.9. The molecule has 0 bridgehead atoms. The van der Waals surface area contributed by atoms with Gasteiger partial charge in [0.25, 0.3) is 11.8 Å². The lowest BCUT2D eigenvalue weighted by atomic mass is 9.78. The normalized spacial score (nSPS) is 25.7. The van der Waals surface area contributed by atoms with Crippen molar-refractivity contribution in [3.05, 3.63) is 69.4 Å². The first-order valence-corrected chi connectivity index (χ1v) is 17.7. The number of thiazole rings is 1. The van der Waals surface area contributed by atoms with Gasteiger partial charge in [-0.1, -0.05) is 43.3 Å². The van der Waals surface area contributed by atoms with Crippen molar-refractivity contribution in [2.45, 2.75) is 83.5 Å². The number of carboxylic acid groups (broad SMARTS) is 1. The Morgan fingerprint density at radius 3 is 2.55 bits per heavy atom. The van der Waals surface area contributed by atoms with E-state index in [4.69, 9.17) is 5.73 Å². The average Bonchev–Trinajstić information content (AvgIpc) is 3.73. The first-order chi connectivity index (χ1) is 23.6. The lowest BCUT2D eigenvalue weighted by Crippen LogP contribution is -2.71. The van der Waals surface area contributed by atoms with Crippen LogP contribution in [0.3, 0.4) is 0 Å². The van der Waals surface area contributed by atoms with Crippen LogP contribution in [0.5, 0.6) is 0 Å². The number of carbonyl (C=O) groups is 4. The lowest BCUT2D eigenvalue weighted by Gasteiger charge is -2.47. The first-order valence-electron chi connectivity index (χ1n) is 16.8. The van der Waals surface area contributed by atoms with Crippen LogP contribution in [0.1, 0.15) is 81.7 Å². The third-order valence-corrected chi connectivity index (χ3v) is 10.5. The van der Waals surface area contributed by atoms with Gasteiger partial charge in [0.1, 0.15) is 17.4 Å². The van der Waals surface area contributed by atoms with Crippen molar-refractivity contribution in [2.75, 3.05) is 19.3 Å². The van der Waals surface area contributed by atoms with Gasteiger partial charge >= 0.3 is 5.97 Å². The van der Waals surface area contributed by atoms with Crippen molar-refractivity contribution >= 4 is 45.7 Å².